The topological polar surface area (TPSA) is 50.4 Å². The van der Waals surface area contributed by atoms with Gasteiger partial charge in [0.15, 0.2) is 0 Å². The molecule has 0 aliphatic heterocycles. The predicted molar refractivity (Wildman–Crippen MR) is 95.3 cm³/mol. The zero-order chi connectivity index (χ0) is 17.0. The van der Waals surface area contributed by atoms with Gasteiger partial charge >= 0.3 is 6.09 Å². The molecular weight excluding hydrogens is 367 g/mol. The Morgan fingerprint density at radius 1 is 1.23 bits per heavy atom. The van der Waals surface area contributed by atoms with Crippen LogP contribution in [0, 0.1) is 0 Å². The van der Waals surface area contributed by atoms with Crippen molar-refractivity contribution in [1.82, 2.24) is 4.72 Å². The first kappa shape index (κ1) is 19.7. The van der Waals surface area contributed by atoms with Crippen molar-refractivity contribution in [3.05, 3.63) is 23.8 Å². The fraction of sp³-hybridized carbons (Fsp3) is 0.500. The Hall–Kier alpha value is -0.330. The van der Waals surface area contributed by atoms with E-state index in [1.165, 1.54) is 11.9 Å². The predicted octanol–water partition coefficient (Wildman–Crippen LogP) is 5.13. The van der Waals surface area contributed by atoms with Gasteiger partial charge in [-0.25, -0.2) is 4.79 Å². The third kappa shape index (κ3) is 7.29. The minimum atomic E-state index is -1.63. The molecule has 0 radical (unpaired) electrons. The van der Waals surface area contributed by atoms with Gasteiger partial charge in [-0.2, -0.15) is 0 Å². The minimum absolute atomic E-state index is 0.0534. The molecule has 0 aliphatic rings. The van der Waals surface area contributed by atoms with Gasteiger partial charge in [0.2, 0.25) is 3.79 Å². The Balaban J connectivity index is 2.89. The second-order valence-corrected chi connectivity index (χ2v) is 9.22. The second-order valence-electron chi connectivity index (χ2n) is 5.62. The highest BCUT2D eigenvalue weighted by atomic mass is 35.6. The van der Waals surface area contributed by atoms with E-state index in [1.54, 1.807) is 0 Å². The van der Waals surface area contributed by atoms with E-state index in [-0.39, 0.29) is 12.0 Å². The minimum Gasteiger partial charge on any atom is -0.445 e. The van der Waals surface area contributed by atoms with Crippen LogP contribution in [0.15, 0.2) is 23.1 Å². The van der Waals surface area contributed by atoms with Crippen LogP contribution in [-0.2, 0) is 10.2 Å². The molecule has 1 amide bonds. The van der Waals surface area contributed by atoms with Crippen molar-refractivity contribution in [2.45, 2.75) is 34.9 Å². The lowest BCUT2D eigenvalue weighted by Crippen LogP contribution is -2.21. The Kier molecular flexibility index (Phi) is 7.15. The fourth-order valence-corrected chi connectivity index (χ4v) is 2.35. The van der Waals surface area contributed by atoms with Crippen molar-refractivity contribution in [2.75, 3.05) is 19.0 Å². The standard InChI is InChI=1S/C14H19Cl3N2O2S/c1-13(2,3)9-5-10(7-11(6-9)22-18-4)19-12(20)21-8-14(15,16)17/h5-7,18H,8H2,1-4H3,(H,19,20). The molecule has 0 aliphatic carbocycles. The molecule has 4 nitrogen and oxygen atoms in total. The number of hydrogen-bond acceptors (Lipinski definition) is 4. The summed E-state index contributed by atoms with van der Waals surface area (Å²) >= 11 is 18.1. The van der Waals surface area contributed by atoms with Gasteiger partial charge in [-0.3, -0.25) is 10.0 Å². The maximum atomic E-state index is 11.8. The van der Waals surface area contributed by atoms with E-state index in [0.717, 1.165) is 10.5 Å². The average molecular weight is 386 g/mol. The van der Waals surface area contributed by atoms with E-state index in [0.29, 0.717) is 5.69 Å². The highest BCUT2D eigenvalue weighted by Gasteiger charge is 2.22. The maximum absolute atomic E-state index is 11.8. The Labute approximate surface area is 150 Å². The summed E-state index contributed by atoms with van der Waals surface area (Å²) in [6.45, 7) is 5.98. The molecule has 22 heavy (non-hydrogen) atoms. The highest BCUT2D eigenvalue weighted by molar-refractivity contribution is 7.97. The lowest BCUT2D eigenvalue weighted by atomic mass is 9.87. The summed E-state index contributed by atoms with van der Waals surface area (Å²) in [5.74, 6) is 0. The number of anilines is 1. The number of ether oxygens (including phenoxy) is 1. The van der Waals surface area contributed by atoms with Crippen molar-refractivity contribution in [3.8, 4) is 0 Å². The molecule has 0 unspecified atom stereocenters. The molecule has 0 spiro atoms. The molecule has 0 atom stereocenters. The number of carbonyl (C=O) groups excluding carboxylic acids is 1. The average Bonchev–Trinajstić information content (AvgIpc) is 2.34. The lowest BCUT2D eigenvalue weighted by molar-refractivity contribution is 0.164. The normalized spacial score (nSPS) is 12.1. The summed E-state index contributed by atoms with van der Waals surface area (Å²) in [6.07, 6.45) is -0.669. The van der Waals surface area contributed by atoms with Crippen LogP contribution in [0.2, 0.25) is 0 Å². The molecule has 8 heteroatoms. The molecule has 0 saturated heterocycles. The molecule has 1 rings (SSSR count). The van der Waals surface area contributed by atoms with Crippen LogP contribution in [0.5, 0.6) is 0 Å². The number of halogens is 3. The van der Waals surface area contributed by atoms with Gasteiger partial charge < -0.3 is 4.74 Å². The van der Waals surface area contributed by atoms with Crippen LogP contribution in [-0.4, -0.2) is 23.5 Å². The fourth-order valence-electron chi connectivity index (χ4n) is 1.58. The SMILES string of the molecule is CNSc1cc(NC(=O)OCC(Cl)(Cl)Cl)cc(C(C)(C)C)c1. The third-order valence-electron chi connectivity index (χ3n) is 2.61. The Morgan fingerprint density at radius 2 is 1.86 bits per heavy atom. The number of carbonyl (C=O) groups is 1. The van der Waals surface area contributed by atoms with E-state index in [1.807, 2.05) is 19.2 Å². The van der Waals surface area contributed by atoms with Crippen LogP contribution < -0.4 is 10.0 Å². The first-order chi connectivity index (χ1) is 10.0. The molecular formula is C14H19Cl3N2O2S. The largest absolute Gasteiger partial charge is 0.445 e. The van der Waals surface area contributed by atoms with E-state index in [9.17, 15) is 4.79 Å². The Morgan fingerprint density at radius 3 is 2.36 bits per heavy atom. The summed E-state index contributed by atoms with van der Waals surface area (Å²) in [4.78, 5) is 12.7. The van der Waals surface area contributed by atoms with Crippen molar-refractivity contribution < 1.29 is 9.53 Å². The van der Waals surface area contributed by atoms with Crippen LogP contribution in [0.1, 0.15) is 26.3 Å². The molecule has 0 aromatic heterocycles. The zero-order valence-corrected chi connectivity index (χ0v) is 15.9. The third-order valence-corrected chi connectivity index (χ3v) is 3.61. The van der Waals surface area contributed by atoms with Gasteiger partial charge in [0.25, 0.3) is 0 Å². The van der Waals surface area contributed by atoms with Gasteiger partial charge in [-0.15, -0.1) is 0 Å². The monoisotopic (exact) mass is 384 g/mol. The van der Waals surface area contributed by atoms with Crippen molar-refractivity contribution in [1.29, 1.82) is 0 Å². The van der Waals surface area contributed by atoms with Gasteiger partial charge in [-0.1, -0.05) is 55.6 Å². The van der Waals surface area contributed by atoms with Gasteiger partial charge in [0.1, 0.15) is 6.61 Å². The number of alkyl halides is 3. The van der Waals surface area contributed by atoms with E-state index in [2.05, 4.69) is 36.9 Å². The van der Waals surface area contributed by atoms with E-state index < -0.39 is 9.89 Å². The lowest BCUT2D eigenvalue weighted by Gasteiger charge is -2.21. The van der Waals surface area contributed by atoms with Gasteiger partial charge in [-0.05, 0) is 48.2 Å². The number of benzene rings is 1. The van der Waals surface area contributed by atoms with Crippen LogP contribution in [0.4, 0.5) is 10.5 Å². The summed E-state index contributed by atoms with van der Waals surface area (Å²) in [7, 11) is 1.83. The summed E-state index contributed by atoms with van der Waals surface area (Å²) < 4.78 is 6.25. The van der Waals surface area contributed by atoms with Crippen molar-refractivity contribution >= 4 is 58.5 Å². The van der Waals surface area contributed by atoms with Gasteiger partial charge in [0.05, 0.1) is 0 Å². The smallest absolute Gasteiger partial charge is 0.411 e. The van der Waals surface area contributed by atoms with Crippen LogP contribution >= 0.6 is 46.8 Å². The number of hydrogen-bond donors (Lipinski definition) is 2. The Bertz CT molecular complexity index is 528. The number of rotatable bonds is 4. The summed E-state index contributed by atoms with van der Waals surface area (Å²) in [5.41, 5.74) is 1.66. The molecule has 1 aromatic rings. The van der Waals surface area contributed by atoms with E-state index in [4.69, 9.17) is 39.5 Å². The molecule has 0 heterocycles. The second kappa shape index (κ2) is 7.97. The quantitative estimate of drug-likeness (QED) is 0.557. The first-order valence-corrected chi connectivity index (χ1v) is 8.46. The van der Waals surface area contributed by atoms with Crippen LogP contribution in [0.3, 0.4) is 0 Å². The van der Waals surface area contributed by atoms with Gasteiger partial charge in [0, 0.05) is 10.6 Å². The molecule has 0 bridgehead atoms. The molecule has 0 fully saturated rings. The maximum Gasteiger partial charge on any atom is 0.411 e. The number of amides is 1. The zero-order valence-electron chi connectivity index (χ0n) is 12.8. The van der Waals surface area contributed by atoms with Crippen molar-refractivity contribution in [2.24, 2.45) is 0 Å². The molecule has 0 saturated carbocycles. The van der Waals surface area contributed by atoms with Crippen LogP contribution in [0.25, 0.3) is 0 Å². The summed E-state index contributed by atoms with van der Waals surface area (Å²) in [5, 5.41) is 2.65. The summed E-state index contributed by atoms with van der Waals surface area (Å²) in [6, 6.07) is 5.81. The number of nitrogens with one attached hydrogen (secondary N) is 2. The molecule has 1 aromatic carbocycles. The molecule has 2 N–H and O–H groups in total. The van der Waals surface area contributed by atoms with Crippen molar-refractivity contribution in [3.63, 3.8) is 0 Å². The first-order valence-electron chi connectivity index (χ1n) is 6.51. The highest BCUT2D eigenvalue weighted by Crippen LogP contribution is 2.30. The van der Waals surface area contributed by atoms with E-state index >= 15 is 0 Å². The molecule has 124 valence electrons.